The smallest absolute Gasteiger partial charge is 0.269 e. The SMILES string of the molecule is Cc1ccc(NCc2ccccc2OCc2ccc([N+](=O)[O-])cc2)cc1. The molecule has 0 spiro atoms. The van der Waals surface area contributed by atoms with Crippen LogP contribution in [0.3, 0.4) is 0 Å². The Morgan fingerprint density at radius 3 is 2.35 bits per heavy atom. The van der Waals surface area contributed by atoms with Crippen LogP contribution < -0.4 is 10.1 Å². The molecule has 0 aliphatic rings. The molecular formula is C21H20N2O3. The van der Waals surface area contributed by atoms with Crippen molar-refractivity contribution in [1.29, 1.82) is 0 Å². The van der Waals surface area contributed by atoms with Gasteiger partial charge in [0.2, 0.25) is 0 Å². The molecule has 0 saturated heterocycles. The quantitative estimate of drug-likeness (QED) is 0.477. The lowest BCUT2D eigenvalue weighted by molar-refractivity contribution is -0.384. The number of para-hydroxylation sites is 1. The molecule has 5 nitrogen and oxygen atoms in total. The van der Waals surface area contributed by atoms with Gasteiger partial charge in [0.15, 0.2) is 0 Å². The molecule has 0 radical (unpaired) electrons. The van der Waals surface area contributed by atoms with Crippen molar-refractivity contribution in [2.75, 3.05) is 5.32 Å². The summed E-state index contributed by atoms with van der Waals surface area (Å²) in [5.41, 5.74) is 4.30. The van der Waals surface area contributed by atoms with Crippen LogP contribution in [0.2, 0.25) is 0 Å². The first-order valence-electron chi connectivity index (χ1n) is 8.36. The third-order valence-corrected chi connectivity index (χ3v) is 4.05. The molecule has 0 bridgehead atoms. The average Bonchev–Trinajstić information content (AvgIpc) is 2.67. The molecule has 0 fully saturated rings. The third-order valence-electron chi connectivity index (χ3n) is 4.05. The number of hydrogen-bond donors (Lipinski definition) is 1. The largest absolute Gasteiger partial charge is 0.489 e. The van der Waals surface area contributed by atoms with Crippen molar-refractivity contribution in [3.05, 3.63) is 99.6 Å². The summed E-state index contributed by atoms with van der Waals surface area (Å²) < 4.78 is 5.92. The van der Waals surface area contributed by atoms with E-state index in [0.717, 1.165) is 22.6 Å². The minimum absolute atomic E-state index is 0.0800. The van der Waals surface area contributed by atoms with Gasteiger partial charge in [0.25, 0.3) is 5.69 Å². The molecule has 0 amide bonds. The molecule has 1 N–H and O–H groups in total. The Bertz CT molecular complexity index is 875. The molecule has 5 heteroatoms. The third kappa shape index (κ3) is 4.60. The molecule has 0 aliphatic carbocycles. The highest BCUT2D eigenvalue weighted by molar-refractivity contribution is 5.46. The first-order chi connectivity index (χ1) is 12.6. The van der Waals surface area contributed by atoms with E-state index < -0.39 is 4.92 Å². The lowest BCUT2D eigenvalue weighted by Gasteiger charge is -2.13. The highest BCUT2D eigenvalue weighted by atomic mass is 16.6. The van der Waals surface area contributed by atoms with Crippen LogP contribution in [0.5, 0.6) is 5.75 Å². The lowest BCUT2D eigenvalue weighted by Crippen LogP contribution is -2.03. The molecule has 3 aromatic rings. The van der Waals surface area contributed by atoms with Gasteiger partial charge in [-0.1, -0.05) is 35.9 Å². The Labute approximate surface area is 152 Å². The summed E-state index contributed by atoms with van der Waals surface area (Å²) >= 11 is 0. The van der Waals surface area contributed by atoms with Crippen molar-refractivity contribution in [3.8, 4) is 5.75 Å². The Morgan fingerprint density at radius 2 is 1.65 bits per heavy atom. The van der Waals surface area contributed by atoms with Crippen molar-refractivity contribution in [3.63, 3.8) is 0 Å². The van der Waals surface area contributed by atoms with Crippen LogP contribution in [0.15, 0.2) is 72.8 Å². The zero-order chi connectivity index (χ0) is 18.4. The van der Waals surface area contributed by atoms with Crippen LogP contribution >= 0.6 is 0 Å². The first-order valence-corrected chi connectivity index (χ1v) is 8.36. The number of ether oxygens (including phenoxy) is 1. The number of nitro groups is 1. The van der Waals surface area contributed by atoms with Gasteiger partial charge in [-0.3, -0.25) is 10.1 Å². The summed E-state index contributed by atoms with van der Waals surface area (Å²) in [5, 5.41) is 14.1. The second-order valence-corrected chi connectivity index (χ2v) is 6.04. The summed E-state index contributed by atoms with van der Waals surface area (Å²) in [6.07, 6.45) is 0. The fraction of sp³-hybridized carbons (Fsp3) is 0.143. The van der Waals surface area contributed by atoms with Gasteiger partial charge in [-0.05, 0) is 42.8 Å². The van der Waals surface area contributed by atoms with Crippen LogP contribution in [-0.2, 0) is 13.2 Å². The van der Waals surface area contributed by atoms with Gasteiger partial charge in [-0.15, -0.1) is 0 Å². The second kappa shape index (κ2) is 8.16. The summed E-state index contributed by atoms with van der Waals surface area (Å²) in [4.78, 5) is 10.3. The fourth-order valence-corrected chi connectivity index (χ4v) is 2.53. The van der Waals surface area contributed by atoms with E-state index in [-0.39, 0.29) is 5.69 Å². The number of anilines is 1. The van der Waals surface area contributed by atoms with E-state index in [4.69, 9.17) is 4.74 Å². The van der Waals surface area contributed by atoms with Gasteiger partial charge >= 0.3 is 0 Å². The highest BCUT2D eigenvalue weighted by Crippen LogP contribution is 2.21. The standard InChI is InChI=1S/C21H20N2O3/c1-16-6-10-19(11-7-16)22-14-18-4-2-3-5-21(18)26-15-17-8-12-20(13-9-17)23(24)25/h2-13,22H,14-15H2,1H3. The molecule has 0 aromatic heterocycles. The van der Waals surface area contributed by atoms with Crippen LogP contribution in [0, 0.1) is 17.0 Å². The number of rotatable bonds is 7. The van der Waals surface area contributed by atoms with Crippen molar-refractivity contribution in [1.82, 2.24) is 0 Å². The molecule has 0 heterocycles. The summed E-state index contributed by atoms with van der Waals surface area (Å²) in [6.45, 7) is 3.07. The number of nitrogens with zero attached hydrogens (tertiary/aromatic N) is 1. The van der Waals surface area contributed by atoms with E-state index >= 15 is 0 Å². The van der Waals surface area contributed by atoms with Crippen LogP contribution in [-0.4, -0.2) is 4.92 Å². The molecule has 3 rings (SSSR count). The second-order valence-electron chi connectivity index (χ2n) is 6.04. The predicted octanol–water partition coefficient (Wildman–Crippen LogP) is 5.09. The van der Waals surface area contributed by atoms with E-state index in [9.17, 15) is 10.1 Å². The van der Waals surface area contributed by atoms with Crippen LogP contribution in [0.4, 0.5) is 11.4 Å². The summed E-state index contributed by atoms with van der Waals surface area (Å²) in [5.74, 6) is 0.797. The molecule has 0 atom stereocenters. The highest BCUT2D eigenvalue weighted by Gasteiger charge is 2.06. The monoisotopic (exact) mass is 348 g/mol. The van der Waals surface area contributed by atoms with Gasteiger partial charge in [-0.25, -0.2) is 0 Å². The Morgan fingerprint density at radius 1 is 0.962 bits per heavy atom. The van der Waals surface area contributed by atoms with Gasteiger partial charge < -0.3 is 10.1 Å². The maximum Gasteiger partial charge on any atom is 0.269 e. The van der Waals surface area contributed by atoms with E-state index in [0.29, 0.717) is 13.2 Å². The van der Waals surface area contributed by atoms with Gasteiger partial charge in [-0.2, -0.15) is 0 Å². The van der Waals surface area contributed by atoms with E-state index in [2.05, 4.69) is 36.5 Å². The zero-order valence-corrected chi connectivity index (χ0v) is 14.5. The minimum atomic E-state index is -0.406. The zero-order valence-electron chi connectivity index (χ0n) is 14.5. The number of aryl methyl sites for hydroxylation is 1. The Balaban J connectivity index is 1.63. The van der Waals surface area contributed by atoms with Crippen molar-refractivity contribution >= 4 is 11.4 Å². The lowest BCUT2D eigenvalue weighted by atomic mass is 10.1. The molecule has 0 saturated carbocycles. The molecule has 0 aliphatic heterocycles. The Hall–Kier alpha value is -3.34. The van der Waals surface area contributed by atoms with Crippen molar-refractivity contribution in [2.45, 2.75) is 20.1 Å². The van der Waals surface area contributed by atoms with E-state index in [1.54, 1.807) is 12.1 Å². The van der Waals surface area contributed by atoms with Gasteiger partial charge in [0, 0.05) is 29.9 Å². The maximum atomic E-state index is 10.7. The Kier molecular flexibility index (Phi) is 5.49. The average molecular weight is 348 g/mol. The molecule has 0 unspecified atom stereocenters. The van der Waals surface area contributed by atoms with Crippen LogP contribution in [0.1, 0.15) is 16.7 Å². The number of benzene rings is 3. The molecule has 26 heavy (non-hydrogen) atoms. The number of nitrogens with one attached hydrogen (secondary N) is 1. The minimum Gasteiger partial charge on any atom is -0.489 e. The summed E-state index contributed by atoms with van der Waals surface area (Å²) in [6, 6.07) is 22.5. The number of hydrogen-bond acceptors (Lipinski definition) is 4. The maximum absolute atomic E-state index is 10.7. The van der Waals surface area contributed by atoms with Crippen molar-refractivity contribution in [2.24, 2.45) is 0 Å². The van der Waals surface area contributed by atoms with Gasteiger partial charge in [0.1, 0.15) is 12.4 Å². The molecular weight excluding hydrogens is 328 g/mol. The summed E-state index contributed by atoms with van der Waals surface area (Å²) in [7, 11) is 0. The van der Waals surface area contributed by atoms with Crippen LogP contribution in [0.25, 0.3) is 0 Å². The first kappa shape index (κ1) is 17.5. The fourth-order valence-electron chi connectivity index (χ4n) is 2.53. The molecule has 132 valence electrons. The molecule has 3 aromatic carbocycles. The number of non-ortho nitro benzene ring substituents is 1. The number of nitro benzene ring substituents is 1. The topological polar surface area (TPSA) is 64.4 Å². The van der Waals surface area contributed by atoms with E-state index in [1.807, 2.05) is 24.3 Å². The predicted molar refractivity (Wildman–Crippen MR) is 102 cm³/mol. The van der Waals surface area contributed by atoms with Crippen molar-refractivity contribution < 1.29 is 9.66 Å². The van der Waals surface area contributed by atoms with Gasteiger partial charge in [0.05, 0.1) is 4.92 Å². The van der Waals surface area contributed by atoms with E-state index in [1.165, 1.54) is 17.7 Å². The normalized spacial score (nSPS) is 10.3.